The minimum atomic E-state index is -0.676. The maximum Gasteiger partial charge on any atom is 0.244 e. The van der Waals surface area contributed by atoms with E-state index in [0.29, 0.717) is 25.1 Å². The largest absolute Gasteiger partial charge is 0.394 e. The molecule has 8 heteroatoms. The van der Waals surface area contributed by atoms with Gasteiger partial charge in [0, 0.05) is 17.0 Å². The van der Waals surface area contributed by atoms with Crippen LogP contribution in [0, 0.1) is 11.8 Å². The molecular weight excluding hydrogens is 450 g/mol. The molecule has 34 heavy (non-hydrogen) atoms. The molecule has 3 N–H and O–H groups in total. The Labute approximate surface area is 206 Å². The van der Waals surface area contributed by atoms with E-state index in [0.717, 1.165) is 25.7 Å². The van der Waals surface area contributed by atoms with Gasteiger partial charge in [0.1, 0.15) is 6.04 Å². The third-order valence-electron chi connectivity index (χ3n) is 7.94. The molecule has 186 valence electrons. The lowest BCUT2D eigenvalue weighted by Crippen LogP contribution is -2.56. The second-order valence-electron chi connectivity index (χ2n) is 10.1. The van der Waals surface area contributed by atoms with Crippen LogP contribution in [-0.4, -0.2) is 62.5 Å². The predicted molar refractivity (Wildman–Crippen MR) is 134 cm³/mol. The molecule has 6 atom stereocenters. The van der Waals surface area contributed by atoms with Crippen molar-refractivity contribution in [3.05, 3.63) is 30.3 Å². The summed E-state index contributed by atoms with van der Waals surface area (Å²) in [6.45, 7) is 6.47. The van der Waals surface area contributed by atoms with Gasteiger partial charge in [0.15, 0.2) is 0 Å². The van der Waals surface area contributed by atoms with Gasteiger partial charge in [0.2, 0.25) is 17.7 Å². The highest BCUT2D eigenvalue weighted by atomic mass is 32.2. The molecule has 3 aliphatic rings. The summed E-state index contributed by atoms with van der Waals surface area (Å²) in [7, 11) is 0. The number of carbonyl (C=O) groups excluding carboxylic acids is 3. The molecular formula is C26H37N3O4S. The minimum Gasteiger partial charge on any atom is -0.394 e. The van der Waals surface area contributed by atoms with Crippen molar-refractivity contribution in [2.24, 2.45) is 11.8 Å². The highest BCUT2D eigenvalue weighted by Crippen LogP contribution is 2.71. The fourth-order valence-electron chi connectivity index (χ4n) is 6.30. The van der Waals surface area contributed by atoms with Gasteiger partial charge in [0.25, 0.3) is 0 Å². The Bertz CT molecular complexity index is 924. The Morgan fingerprint density at radius 1 is 1.18 bits per heavy atom. The van der Waals surface area contributed by atoms with Gasteiger partial charge in [-0.2, -0.15) is 0 Å². The number of thioether (sulfide) groups is 1. The number of amides is 3. The van der Waals surface area contributed by atoms with Crippen molar-refractivity contribution >= 4 is 35.2 Å². The van der Waals surface area contributed by atoms with Crippen molar-refractivity contribution in [3.63, 3.8) is 0 Å². The van der Waals surface area contributed by atoms with Crippen molar-refractivity contribution in [2.45, 2.75) is 80.9 Å². The molecule has 3 saturated heterocycles. The Kier molecular flexibility index (Phi) is 7.29. The fraction of sp³-hybridized carbons (Fsp3) is 0.654. The van der Waals surface area contributed by atoms with Gasteiger partial charge in [-0.3, -0.25) is 14.4 Å². The molecule has 3 fully saturated rings. The number of aliphatic hydroxyl groups excluding tert-OH is 1. The minimum absolute atomic E-state index is 0.153. The van der Waals surface area contributed by atoms with E-state index in [1.807, 2.05) is 37.3 Å². The fourth-order valence-corrected chi connectivity index (χ4v) is 8.64. The zero-order valence-electron chi connectivity index (χ0n) is 20.4. The van der Waals surface area contributed by atoms with Gasteiger partial charge >= 0.3 is 0 Å². The van der Waals surface area contributed by atoms with Gasteiger partial charge in [0.05, 0.1) is 29.2 Å². The molecule has 0 radical (unpaired) electrons. The lowest BCUT2D eigenvalue weighted by molar-refractivity contribution is -0.142. The monoisotopic (exact) mass is 487 g/mol. The van der Waals surface area contributed by atoms with E-state index in [4.69, 9.17) is 0 Å². The maximum atomic E-state index is 14.0. The molecule has 3 heterocycles. The second-order valence-corrected chi connectivity index (χ2v) is 12.0. The number of anilines is 1. The van der Waals surface area contributed by atoms with Crippen LogP contribution in [-0.2, 0) is 14.4 Å². The lowest BCUT2D eigenvalue weighted by Gasteiger charge is -2.36. The highest BCUT2D eigenvalue weighted by Gasteiger charge is 2.77. The number of benzene rings is 1. The highest BCUT2D eigenvalue weighted by molar-refractivity contribution is 8.02. The van der Waals surface area contributed by atoms with Gasteiger partial charge in [-0.1, -0.05) is 44.9 Å². The third kappa shape index (κ3) is 4.02. The van der Waals surface area contributed by atoms with Crippen molar-refractivity contribution in [2.75, 3.05) is 18.5 Å². The average Bonchev–Trinajstić information content (AvgIpc) is 3.39. The molecule has 2 bridgehead atoms. The number of carbonyl (C=O) groups is 3. The third-order valence-corrected chi connectivity index (χ3v) is 9.93. The summed E-state index contributed by atoms with van der Waals surface area (Å²) in [5, 5.41) is 16.2. The van der Waals surface area contributed by atoms with Crippen LogP contribution in [0.4, 0.5) is 5.69 Å². The first kappa shape index (κ1) is 25.0. The zero-order valence-corrected chi connectivity index (χ0v) is 21.2. The molecule has 7 nitrogen and oxygen atoms in total. The molecule has 4 rings (SSSR count). The number of nitrogens with zero attached hydrogens (tertiary/aromatic N) is 1. The van der Waals surface area contributed by atoms with E-state index in [9.17, 15) is 19.5 Å². The molecule has 3 amide bonds. The summed E-state index contributed by atoms with van der Waals surface area (Å²) in [6, 6.07) is 8.18. The average molecular weight is 488 g/mol. The SMILES string of the molecule is CCCCCNC(=O)C1N([C@@H](CC)CO)C(=O)[C@@H]2[C@@H](C(=O)Nc3ccccc3)[C@@]3(C)CCC12S3. The summed E-state index contributed by atoms with van der Waals surface area (Å²) in [5.41, 5.74) is 0.701. The van der Waals surface area contributed by atoms with Crippen LogP contribution in [0.2, 0.25) is 0 Å². The van der Waals surface area contributed by atoms with Crippen molar-refractivity contribution in [3.8, 4) is 0 Å². The van der Waals surface area contributed by atoms with Crippen LogP contribution >= 0.6 is 11.8 Å². The first-order valence-electron chi connectivity index (χ1n) is 12.6. The molecule has 3 aliphatic heterocycles. The van der Waals surface area contributed by atoms with Gasteiger partial charge in [-0.15, -0.1) is 11.8 Å². The molecule has 0 aromatic heterocycles. The Morgan fingerprint density at radius 3 is 2.56 bits per heavy atom. The van der Waals surface area contributed by atoms with Crippen molar-refractivity contribution in [1.29, 1.82) is 0 Å². The quantitative estimate of drug-likeness (QED) is 0.440. The molecule has 1 aromatic carbocycles. The van der Waals surface area contributed by atoms with E-state index in [-0.39, 0.29) is 24.3 Å². The first-order chi connectivity index (χ1) is 16.3. The van der Waals surface area contributed by atoms with Gasteiger partial charge in [-0.05, 0) is 44.7 Å². The normalized spacial score (nSPS) is 32.5. The van der Waals surface area contributed by atoms with Crippen molar-refractivity contribution < 1.29 is 19.5 Å². The number of nitrogens with one attached hydrogen (secondary N) is 2. The number of unbranched alkanes of at least 4 members (excludes halogenated alkanes) is 2. The summed E-state index contributed by atoms with van der Waals surface area (Å²) in [6.07, 6.45) is 5.02. The van der Waals surface area contributed by atoms with Gasteiger partial charge in [-0.25, -0.2) is 0 Å². The van der Waals surface area contributed by atoms with Crippen LogP contribution in [0.1, 0.15) is 59.3 Å². The first-order valence-corrected chi connectivity index (χ1v) is 13.4. The lowest BCUT2D eigenvalue weighted by atomic mass is 9.66. The summed E-state index contributed by atoms with van der Waals surface area (Å²) >= 11 is 1.66. The molecule has 1 spiro atoms. The smallest absolute Gasteiger partial charge is 0.244 e. The molecule has 1 aromatic rings. The van der Waals surface area contributed by atoms with E-state index in [2.05, 4.69) is 24.5 Å². The van der Waals surface area contributed by atoms with E-state index < -0.39 is 33.4 Å². The Morgan fingerprint density at radius 2 is 1.91 bits per heavy atom. The standard InChI is InChI=1S/C26H37N3O4S/c1-4-6-10-15-27-23(32)21-26-14-13-25(3,34-26)19(22(31)28-17-11-8-7-9-12-17)20(26)24(33)29(21)18(5-2)16-30/h7-9,11-12,18-21,30H,4-6,10,13-16H2,1-3H3,(H,27,32)(H,28,31)/t18-,19-,20-,21?,25+,26?/m0/s1. The summed E-state index contributed by atoms with van der Waals surface area (Å²) in [5.74, 6) is -1.59. The topological polar surface area (TPSA) is 98.7 Å². The van der Waals surface area contributed by atoms with Crippen LogP contribution < -0.4 is 10.6 Å². The van der Waals surface area contributed by atoms with E-state index in [1.165, 1.54) is 0 Å². The van der Waals surface area contributed by atoms with Crippen LogP contribution in [0.3, 0.4) is 0 Å². The Hall–Kier alpha value is -2.06. The Balaban J connectivity index is 1.68. The molecule has 0 aliphatic carbocycles. The molecule has 2 unspecified atom stereocenters. The maximum absolute atomic E-state index is 14.0. The zero-order chi connectivity index (χ0) is 24.5. The predicted octanol–water partition coefficient (Wildman–Crippen LogP) is 3.18. The second kappa shape index (κ2) is 9.90. The number of hydrogen-bond donors (Lipinski definition) is 3. The van der Waals surface area contributed by atoms with Crippen LogP contribution in [0.5, 0.6) is 0 Å². The van der Waals surface area contributed by atoms with E-state index in [1.54, 1.807) is 16.7 Å². The van der Waals surface area contributed by atoms with Crippen LogP contribution in [0.15, 0.2) is 30.3 Å². The summed E-state index contributed by atoms with van der Waals surface area (Å²) in [4.78, 5) is 42.8. The molecule has 0 saturated carbocycles. The van der Waals surface area contributed by atoms with E-state index >= 15 is 0 Å². The number of para-hydroxylation sites is 1. The summed E-state index contributed by atoms with van der Waals surface area (Å²) < 4.78 is -1.06. The number of likely N-dealkylation sites (tertiary alicyclic amines) is 1. The van der Waals surface area contributed by atoms with Crippen molar-refractivity contribution in [1.82, 2.24) is 10.2 Å². The number of aliphatic hydroxyl groups is 1. The number of hydrogen-bond acceptors (Lipinski definition) is 5. The van der Waals surface area contributed by atoms with Crippen LogP contribution in [0.25, 0.3) is 0 Å². The van der Waals surface area contributed by atoms with Gasteiger partial charge < -0.3 is 20.6 Å². The number of fused-ring (bicyclic) bond motifs is 1. The number of rotatable bonds is 10.